The van der Waals surface area contributed by atoms with Gasteiger partial charge in [-0.15, -0.1) is 0 Å². The van der Waals surface area contributed by atoms with Crippen molar-refractivity contribution in [2.75, 3.05) is 0 Å². The predicted molar refractivity (Wildman–Crippen MR) is 77.7 cm³/mol. The zero-order valence-corrected chi connectivity index (χ0v) is 11.9. The normalized spacial score (nSPS) is 21.5. The number of hydrazone groups is 1. The molecule has 2 aromatic rings. The molecule has 0 saturated heterocycles. The summed E-state index contributed by atoms with van der Waals surface area (Å²) in [7, 11) is 0. The van der Waals surface area contributed by atoms with Crippen LogP contribution in [0.3, 0.4) is 0 Å². The van der Waals surface area contributed by atoms with Gasteiger partial charge in [-0.05, 0) is 26.0 Å². The van der Waals surface area contributed by atoms with Crippen molar-refractivity contribution in [3.8, 4) is 0 Å². The Morgan fingerprint density at radius 2 is 1.95 bits per heavy atom. The van der Waals surface area contributed by atoms with Gasteiger partial charge in [-0.25, -0.2) is 0 Å². The van der Waals surface area contributed by atoms with Crippen molar-refractivity contribution in [1.82, 2.24) is 5.01 Å². The Morgan fingerprint density at radius 3 is 2.57 bits per heavy atom. The van der Waals surface area contributed by atoms with Gasteiger partial charge >= 0.3 is 5.91 Å². The second-order valence-corrected chi connectivity index (χ2v) is 5.22. The molecule has 0 aliphatic carbocycles. The van der Waals surface area contributed by atoms with Crippen molar-refractivity contribution >= 4 is 11.6 Å². The first-order chi connectivity index (χ1) is 10.0. The number of carbonyl (C=O) groups is 1. The van der Waals surface area contributed by atoms with E-state index in [1.807, 2.05) is 18.2 Å². The first kappa shape index (κ1) is 13.6. The highest BCUT2D eigenvalue weighted by atomic mass is 16.4. The van der Waals surface area contributed by atoms with Crippen molar-refractivity contribution in [2.45, 2.75) is 26.0 Å². The van der Waals surface area contributed by atoms with E-state index >= 15 is 0 Å². The minimum Gasteiger partial charge on any atom is -0.456 e. The van der Waals surface area contributed by atoms with Crippen LogP contribution in [0.4, 0.5) is 0 Å². The number of amides is 1. The topological polar surface area (TPSA) is 66.0 Å². The lowest BCUT2D eigenvalue weighted by Gasteiger charge is -2.30. The lowest BCUT2D eigenvalue weighted by atomic mass is 9.97. The molecule has 5 heteroatoms. The molecule has 0 bridgehead atoms. The summed E-state index contributed by atoms with van der Waals surface area (Å²) in [5.41, 5.74) is -0.149. The summed E-state index contributed by atoms with van der Waals surface area (Å²) in [5, 5.41) is 16.3. The lowest BCUT2D eigenvalue weighted by Crippen LogP contribution is -2.43. The highest BCUT2D eigenvalue weighted by Crippen LogP contribution is 2.36. The van der Waals surface area contributed by atoms with E-state index in [4.69, 9.17) is 4.42 Å². The first-order valence-electron chi connectivity index (χ1n) is 6.74. The molecule has 0 radical (unpaired) electrons. The van der Waals surface area contributed by atoms with Gasteiger partial charge < -0.3 is 9.52 Å². The summed E-state index contributed by atoms with van der Waals surface area (Å²) in [4.78, 5) is 12.6. The van der Waals surface area contributed by atoms with E-state index in [1.165, 1.54) is 0 Å². The van der Waals surface area contributed by atoms with Gasteiger partial charge in [-0.2, -0.15) is 10.1 Å². The van der Waals surface area contributed by atoms with Crippen molar-refractivity contribution in [1.29, 1.82) is 0 Å². The average Bonchev–Trinajstić information content (AvgIpc) is 3.03. The van der Waals surface area contributed by atoms with Crippen LogP contribution in [0.15, 0.2) is 52.0 Å². The highest BCUT2D eigenvalue weighted by molar-refractivity contribution is 5.96. The number of aryl methyl sites for hydroxylation is 1. The third kappa shape index (κ3) is 2.25. The van der Waals surface area contributed by atoms with E-state index in [0.29, 0.717) is 17.0 Å². The van der Waals surface area contributed by atoms with Crippen LogP contribution < -0.4 is 0 Å². The Hall–Kier alpha value is -2.40. The number of furan rings is 1. The monoisotopic (exact) mass is 284 g/mol. The highest BCUT2D eigenvalue weighted by Gasteiger charge is 2.45. The largest absolute Gasteiger partial charge is 0.456 e. The number of nitrogens with zero attached hydrogens (tertiary/aromatic N) is 2. The van der Waals surface area contributed by atoms with Crippen molar-refractivity contribution in [2.24, 2.45) is 5.10 Å². The fourth-order valence-corrected chi connectivity index (χ4v) is 2.52. The van der Waals surface area contributed by atoms with Crippen LogP contribution >= 0.6 is 0 Å². The number of hydrogen-bond donors (Lipinski definition) is 1. The molecule has 5 nitrogen and oxygen atoms in total. The van der Waals surface area contributed by atoms with E-state index in [-0.39, 0.29) is 12.2 Å². The maximum atomic E-state index is 12.6. The molecule has 1 aromatic heterocycles. The molecule has 1 unspecified atom stereocenters. The molecule has 108 valence electrons. The fraction of sp³-hybridized carbons (Fsp3) is 0.250. The molecule has 0 spiro atoms. The SMILES string of the molecule is CC1=NN(C(=O)c2ccc(C)o2)C(O)(c2ccccc2)C1. The van der Waals surface area contributed by atoms with E-state index in [0.717, 1.165) is 5.01 Å². The number of hydrogen-bond acceptors (Lipinski definition) is 4. The van der Waals surface area contributed by atoms with Gasteiger partial charge in [0.15, 0.2) is 11.5 Å². The van der Waals surface area contributed by atoms with Gasteiger partial charge in [0.05, 0.1) is 0 Å². The smallest absolute Gasteiger partial charge is 0.312 e. The van der Waals surface area contributed by atoms with Crippen molar-refractivity contribution in [3.05, 3.63) is 59.5 Å². The van der Waals surface area contributed by atoms with E-state index in [2.05, 4.69) is 5.10 Å². The zero-order chi connectivity index (χ0) is 15.0. The van der Waals surface area contributed by atoms with E-state index in [9.17, 15) is 9.90 Å². The summed E-state index contributed by atoms with van der Waals surface area (Å²) in [5.74, 6) is 0.355. The van der Waals surface area contributed by atoms with Crippen LogP contribution in [0, 0.1) is 6.92 Å². The first-order valence-corrected chi connectivity index (χ1v) is 6.74. The summed E-state index contributed by atoms with van der Waals surface area (Å²) in [6.45, 7) is 3.55. The molecule has 1 aliphatic rings. The maximum absolute atomic E-state index is 12.6. The van der Waals surface area contributed by atoms with E-state index in [1.54, 1.807) is 38.1 Å². The van der Waals surface area contributed by atoms with Crippen LogP contribution in [0.5, 0.6) is 0 Å². The Balaban J connectivity index is 2.01. The summed E-state index contributed by atoms with van der Waals surface area (Å²) >= 11 is 0. The molecule has 1 aromatic carbocycles. The molecule has 21 heavy (non-hydrogen) atoms. The molecule has 0 fully saturated rings. The zero-order valence-electron chi connectivity index (χ0n) is 11.9. The minimum absolute atomic E-state index is 0.167. The Kier molecular flexibility index (Phi) is 3.14. The van der Waals surface area contributed by atoms with Crippen molar-refractivity contribution in [3.63, 3.8) is 0 Å². The van der Waals surface area contributed by atoms with Gasteiger partial charge in [0.25, 0.3) is 0 Å². The standard InChI is InChI=1S/C16H16N2O3/c1-11-10-16(20,13-6-4-3-5-7-13)18(17-11)15(19)14-9-8-12(2)21-14/h3-9,20H,10H2,1-2H3. The van der Waals surface area contributed by atoms with Crippen LogP contribution in [-0.2, 0) is 5.72 Å². The number of rotatable bonds is 2. The van der Waals surface area contributed by atoms with Gasteiger partial charge in [-0.1, -0.05) is 30.3 Å². The summed E-state index contributed by atoms with van der Waals surface area (Å²) in [6.07, 6.45) is 0.280. The minimum atomic E-state index is -1.47. The summed E-state index contributed by atoms with van der Waals surface area (Å²) < 4.78 is 5.35. The Morgan fingerprint density at radius 1 is 1.24 bits per heavy atom. The van der Waals surface area contributed by atoms with Crippen molar-refractivity contribution < 1.29 is 14.3 Å². The molecular weight excluding hydrogens is 268 g/mol. The average molecular weight is 284 g/mol. The number of carbonyl (C=O) groups excluding carboxylic acids is 1. The Labute approximate surface area is 122 Å². The third-order valence-electron chi connectivity index (χ3n) is 3.50. The maximum Gasteiger partial charge on any atom is 0.312 e. The molecule has 1 N–H and O–H groups in total. The Bertz CT molecular complexity index is 705. The predicted octanol–water partition coefficient (Wildman–Crippen LogP) is 2.66. The molecular formula is C16H16N2O3. The second-order valence-electron chi connectivity index (χ2n) is 5.22. The van der Waals surface area contributed by atoms with Gasteiger partial charge in [0.2, 0.25) is 0 Å². The molecule has 0 saturated carbocycles. The molecule has 1 aliphatic heterocycles. The van der Waals surface area contributed by atoms with Crippen LogP contribution in [0.25, 0.3) is 0 Å². The number of benzene rings is 1. The van der Waals surface area contributed by atoms with Gasteiger partial charge in [-0.3, -0.25) is 4.79 Å². The molecule has 3 rings (SSSR count). The van der Waals surface area contributed by atoms with Gasteiger partial charge in [0, 0.05) is 17.7 Å². The fourth-order valence-electron chi connectivity index (χ4n) is 2.52. The molecule has 2 heterocycles. The molecule has 1 amide bonds. The van der Waals surface area contributed by atoms with Crippen LogP contribution in [0.2, 0.25) is 0 Å². The quantitative estimate of drug-likeness (QED) is 0.922. The second kappa shape index (κ2) is 4.86. The van der Waals surface area contributed by atoms with Crippen LogP contribution in [-0.4, -0.2) is 21.7 Å². The summed E-state index contributed by atoms with van der Waals surface area (Å²) in [6, 6.07) is 12.4. The van der Waals surface area contributed by atoms with Gasteiger partial charge in [0.1, 0.15) is 5.76 Å². The third-order valence-corrected chi connectivity index (χ3v) is 3.50. The molecule has 1 atom stereocenters. The van der Waals surface area contributed by atoms with Crippen LogP contribution in [0.1, 0.15) is 35.2 Å². The lowest BCUT2D eigenvalue weighted by molar-refractivity contribution is -0.0776. The number of aliphatic hydroxyl groups is 1. The van der Waals surface area contributed by atoms with E-state index < -0.39 is 11.6 Å².